The molecule has 0 bridgehead atoms. The molecule has 39 heavy (non-hydrogen) atoms. The lowest BCUT2D eigenvalue weighted by atomic mass is 9.85. The second-order valence-electron chi connectivity index (χ2n) is 10.00. The molecule has 0 fully saturated rings. The van der Waals surface area contributed by atoms with E-state index in [0.717, 1.165) is 45.6 Å². The van der Waals surface area contributed by atoms with Gasteiger partial charge >= 0.3 is 5.97 Å². The van der Waals surface area contributed by atoms with E-state index in [1.165, 1.54) is 12.7 Å². The summed E-state index contributed by atoms with van der Waals surface area (Å²) in [6.45, 7) is 2.38. The van der Waals surface area contributed by atoms with Crippen molar-refractivity contribution in [1.29, 1.82) is 0 Å². The van der Waals surface area contributed by atoms with Crippen molar-refractivity contribution in [3.05, 3.63) is 136 Å². The molecule has 1 atom stereocenters. The Morgan fingerprint density at radius 2 is 1.54 bits per heavy atom. The van der Waals surface area contributed by atoms with Crippen LogP contribution in [0, 0.1) is 6.92 Å². The summed E-state index contributed by atoms with van der Waals surface area (Å²) in [6, 6.07) is 31.2. The van der Waals surface area contributed by atoms with Gasteiger partial charge in [0.1, 0.15) is 11.8 Å². The average Bonchev–Trinajstić information content (AvgIpc) is 2.97. The number of hydrogen-bond acceptors (Lipinski definition) is 4. The van der Waals surface area contributed by atoms with Crippen LogP contribution in [0.25, 0.3) is 0 Å². The van der Waals surface area contributed by atoms with E-state index in [-0.39, 0.29) is 5.91 Å². The van der Waals surface area contributed by atoms with Gasteiger partial charge in [0.25, 0.3) is 0 Å². The lowest BCUT2D eigenvalue weighted by molar-refractivity contribution is -0.154. The maximum Gasteiger partial charge on any atom is 0.328 e. The number of carbonyl (C=O) groups excluding carboxylic acids is 2. The van der Waals surface area contributed by atoms with E-state index in [4.69, 9.17) is 9.47 Å². The Morgan fingerprint density at radius 3 is 2.13 bits per heavy atom. The van der Waals surface area contributed by atoms with Gasteiger partial charge in [-0.3, -0.25) is 4.79 Å². The molecule has 1 heterocycles. The Labute approximate surface area is 230 Å². The van der Waals surface area contributed by atoms with E-state index in [1.807, 2.05) is 79.7 Å². The van der Waals surface area contributed by atoms with Crippen molar-refractivity contribution in [3.8, 4) is 5.75 Å². The van der Waals surface area contributed by atoms with Gasteiger partial charge in [0.2, 0.25) is 5.91 Å². The molecule has 0 aromatic heterocycles. The molecule has 0 radical (unpaired) electrons. The summed E-state index contributed by atoms with van der Waals surface area (Å²) in [5.74, 6) is -0.166. The molecule has 5 rings (SSSR count). The Morgan fingerprint density at radius 1 is 0.872 bits per heavy atom. The average molecular weight is 520 g/mol. The molecule has 0 aliphatic carbocycles. The normalized spacial score (nSPS) is 14.6. The molecule has 0 N–H and O–H groups in total. The first kappa shape index (κ1) is 26.2. The van der Waals surface area contributed by atoms with Crippen LogP contribution in [0.5, 0.6) is 5.75 Å². The molecule has 4 aromatic rings. The van der Waals surface area contributed by atoms with Crippen LogP contribution in [0.3, 0.4) is 0 Å². The third kappa shape index (κ3) is 5.44. The molecule has 1 aliphatic heterocycles. The van der Waals surface area contributed by atoms with Crippen LogP contribution in [0.4, 0.5) is 0 Å². The lowest BCUT2D eigenvalue weighted by Gasteiger charge is -2.38. The van der Waals surface area contributed by atoms with E-state index < -0.39 is 17.9 Å². The standard InChI is InChI=1S/C34H33NO4/c1-23-19-24(17-18-31(23)38-2)20-27-15-10-16-28-22-35(30(21-29(27)28)34(37)39-3)33(36)32(25-11-6-4-7-12-25)26-13-8-5-9-14-26/h4-19,30,32H,20-22H2,1-3H3. The topological polar surface area (TPSA) is 55.8 Å². The summed E-state index contributed by atoms with van der Waals surface area (Å²) in [6.07, 6.45) is 1.14. The van der Waals surface area contributed by atoms with Crippen LogP contribution in [0.15, 0.2) is 97.1 Å². The predicted octanol–water partition coefficient (Wildman–Crippen LogP) is 5.85. The molecule has 0 saturated heterocycles. The van der Waals surface area contributed by atoms with E-state index in [1.54, 1.807) is 12.0 Å². The monoisotopic (exact) mass is 519 g/mol. The van der Waals surface area contributed by atoms with Gasteiger partial charge in [-0.2, -0.15) is 0 Å². The molecule has 0 spiro atoms. The van der Waals surface area contributed by atoms with Crippen LogP contribution in [0.2, 0.25) is 0 Å². The first-order chi connectivity index (χ1) is 19.0. The van der Waals surface area contributed by atoms with E-state index >= 15 is 0 Å². The summed E-state index contributed by atoms with van der Waals surface area (Å²) in [7, 11) is 3.06. The summed E-state index contributed by atoms with van der Waals surface area (Å²) < 4.78 is 10.7. The number of amides is 1. The SMILES string of the molecule is COC(=O)C1Cc2c(Cc3ccc(OC)c(C)c3)cccc2CN1C(=O)C(c1ccccc1)c1ccccc1. The Hall–Kier alpha value is -4.38. The van der Waals surface area contributed by atoms with Gasteiger partial charge in [0.05, 0.1) is 20.1 Å². The van der Waals surface area contributed by atoms with Gasteiger partial charge in [-0.15, -0.1) is 0 Å². The number of ether oxygens (including phenoxy) is 2. The molecular weight excluding hydrogens is 486 g/mol. The third-order valence-corrected chi connectivity index (χ3v) is 7.61. The summed E-state index contributed by atoms with van der Waals surface area (Å²) in [5.41, 5.74) is 7.37. The fraction of sp³-hybridized carbons (Fsp3) is 0.235. The van der Waals surface area contributed by atoms with Gasteiger partial charge in [-0.1, -0.05) is 91.0 Å². The smallest absolute Gasteiger partial charge is 0.328 e. The van der Waals surface area contributed by atoms with Crippen molar-refractivity contribution in [2.24, 2.45) is 0 Å². The predicted molar refractivity (Wildman–Crippen MR) is 152 cm³/mol. The van der Waals surface area contributed by atoms with Gasteiger partial charge < -0.3 is 14.4 Å². The molecule has 5 heteroatoms. The highest BCUT2D eigenvalue weighted by molar-refractivity contribution is 5.91. The number of benzene rings is 4. The van der Waals surface area contributed by atoms with E-state index in [9.17, 15) is 9.59 Å². The first-order valence-electron chi connectivity index (χ1n) is 13.2. The number of aryl methyl sites for hydroxylation is 1. The zero-order chi connectivity index (χ0) is 27.4. The maximum absolute atomic E-state index is 14.3. The lowest BCUT2D eigenvalue weighted by Crippen LogP contribution is -2.51. The van der Waals surface area contributed by atoms with E-state index in [0.29, 0.717) is 13.0 Å². The molecule has 1 aliphatic rings. The third-order valence-electron chi connectivity index (χ3n) is 7.61. The minimum atomic E-state index is -0.705. The fourth-order valence-corrected chi connectivity index (χ4v) is 5.64. The van der Waals surface area contributed by atoms with Gasteiger partial charge in [0.15, 0.2) is 0 Å². The fourth-order valence-electron chi connectivity index (χ4n) is 5.64. The largest absolute Gasteiger partial charge is 0.496 e. The number of fused-ring (bicyclic) bond motifs is 1. The van der Waals surface area contributed by atoms with Crippen molar-refractivity contribution in [3.63, 3.8) is 0 Å². The highest BCUT2D eigenvalue weighted by atomic mass is 16.5. The number of rotatable bonds is 7. The Kier molecular flexibility index (Phi) is 7.78. The van der Waals surface area contributed by atoms with Crippen molar-refractivity contribution < 1.29 is 19.1 Å². The van der Waals surface area contributed by atoms with E-state index in [2.05, 4.69) is 24.3 Å². The van der Waals surface area contributed by atoms with Crippen LogP contribution in [-0.4, -0.2) is 37.0 Å². The minimum Gasteiger partial charge on any atom is -0.496 e. The Bertz CT molecular complexity index is 1430. The second kappa shape index (κ2) is 11.6. The van der Waals surface area contributed by atoms with Crippen LogP contribution in [0.1, 0.15) is 44.9 Å². The van der Waals surface area contributed by atoms with Crippen molar-refractivity contribution >= 4 is 11.9 Å². The molecule has 198 valence electrons. The second-order valence-corrected chi connectivity index (χ2v) is 10.00. The van der Waals surface area contributed by atoms with Crippen molar-refractivity contribution in [2.75, 3.05) is 14.2 Å². The summed E-state index contributed by atoms with van der Waals surface area (Å²) in [4.78, 5) is 29.2. The number of hydrogen-bond donors (Lipinski definition) is 0. The Balaban J connectivity index is 1.52. The number of methoxy groups -OCH3 is 2. The molecule has 4 aromatic carbocycles. The molecule has 1 unspecified atom stereocenters. The quantitative estimate of drug-likeness (QED) is 0.287. The maximum atomic E-state index is 14.3. The number of carbonyl (C=O) groups is 2. The first-order valence-corrected chi connectivity index (χ1v) is 13.2. The van der Waals surface area contributed by atoms with Crippen LogP contribution >= 0.6 is 0 Å². The molecule has 5 nitrogen and oxygen atoms in total. The van der Waals surface area contributed by atoms with Crippen molar-refractivity contribution in [2.45, 2.75) is 38.3 Å². The molecular formula is C34H33NO4. The van der Waals surface area contributed by atoms with Crippen LogP contribution < -0.4 is 4.74 Å². The van der Waals surface area contributed by atoms with Gasteiger partial charge in [0, 0.05) is 13.0 Å². The number of nitrogens with zero attached hydrogens (tertiary/aromatic N) is 1. The minimum absolute atomic E-state index is 0.107. The molecule has 1 amide bonds. The van der Waals surface area contributed by atoms with Gasteiger partial charge in [-0.25, -0.2) is 4.79 Å². The number of esters is 1. The summed E-state index contributed by atoms with van der Waals surface area (Å²) in [5, 5.41) is 0. The van der Waals surface area contributed by atoms with Crippen LogP contribution in [-0.2, 0) is 33.7 Å². The summed E-state index contributed by atoms with van der Waals surface area (Å²) >= 11 is 0. The molecule has 0 saturated carbocycles. The van der Waals surface area contributed by atoms with Gasteiger partial charge in [-0.05, 0) is 58.4 Å². The highest BCUT2D eigenvalue weighted by Gasteiger charge is 2.39. The van der Waals surface area contributed by atoms with Crippen molar-refractivity contribution in [1.82, 2.24) is 4.90 Å². The zero-order valence-corrected chi connectivity index (χ0v) is 22.6. The zero-order valence-electron chi connectivity index (χ0n) is 22.6. The highest BCUT2D eigenvalue weighted by Crippen LogP contribution is 2.34.